The van der Waals surface area contributed by atoms with Crippen LogP contribution >= 0.6 is 0 Å². The molecule has 0 atom stereocenters. The number of pyridine rings is 1. The molecule has 166 valence electrons. The van der Waals surface area contributed by atoms with E-state index in [1.807, 2.05) is 0 Å². The number of amidine groups is 1. The summed E-state index contributed by atoms with van der Waals surface area (Å²) in [5, 5.41) is 2.59. The van der Waals surface area contributed by atoms with E-state index in [0.717, 1.165) is 28.7 Å². The Morgan fingerprint density at radius 3 is 2.44 bits per heavy atom. The number of rotatable bonds is 5. The van der Waals surface area contributed by atoms with Crippen LogP contribution < -0.4 is 5.32 Å². The number of nitrogens with one attached hydrogen (secondary N) is 1. The van der Waals surface area contributed by atoms with Crippen molar-refractivity contribution in [2.75, 3.05) is 0 Å². The van der Waals surface area contributed by atoms with Gasteiger partial charge in [-0.3, -0.25) is 9.55 Å². The van der Waals surface area contributed by atoms with E-state index < -0.39 is 29.2 Å². The first kappa shape index (κ1) is 22.8. The largest absolute Gasteiger partial charge is 0.450 e. The van der Waals surface area contributed by atoms with Crippen molar-refractivity contribution in [3.05, 3.63) is 72.0 Å². The van der Waals surface area contributed by atoms with E-state index in [4.69, 9.17) is 0 Å². The normalized spacial score (nSPS) is 12.8. The van der Waals surface area contributed by atoms with Gasteiger partial charge in [0.05, 0.1) is 35.2 Å². The number of aliphatic imine (C=N–C) groups is 2. The maximum Gasteiger partial charge on any atom is 0.450 e. The van der Waals surface area contributed by atoms with Crippen molar-refractivity contribution >= 4 is 35.1 Å². The van der Waals surface area contributed by atoms with Crippen LogP contribution in [0.1, 0.15) is 23.9 Å². The minimum absolute atomic E-state index is 0.0839. The topological polar surface area (TPSA) is 67.5 Å². The van der Waals surface area contributed by atoms with Gasteiger partial charge in [0.1, 0.15) is 5.84 Å². The SMILES string of the molecule is C=N/C(=C\N=C(C)NC(=C)c1c(F)cncc1F)n1c(C(F)(F)F)nc2cc(C)ccc21. The highest BCUT2D eigenvalue weighted by atomic mass is 19.4. The van der Waals surface area contributed by atoms with Crippen molar-refractivity contribution in [2.45, 2.75) is 20.0 Å². The van der Waals surface area contributed by atoms with Gasteiger partial charge in [0.15, 0.2) is 17.5 Å². The van der Waals surface area contributed by atoms with E-state index in [1.165, 1.54) is 19.1 Å². The number of halogens is 5. The van der Waals surface area contributed by atoms with Gasteiger partial charge in [-0.05, 0) is 38.3 Å². The minimum atomic E-state index is -4.77. The molecule has 1 N–H and O–H groups in total. The summed E-state index contributed by atoms with van der Waals surface area (Å²) >= 11 is 0. The van der Waals surface area contributed by atoms with Crippen LogP contribution in [0.25, 0.3) is 22.6 Å². The van der Waals surface area contributed by atoms with Crippen LogP contribution in [0.15, 0.2) is 53.4 Å². The molecular formula is C21H17F5N6. The van der Waals surface area contributed by atoms with Crippen LogP contribution in [0.3, 0.4) is 0 Å². The van der Waals surface area contributed by atoms with Gasteiger partial charge in [-0.1, -0.05) is 12.6 Å². The zero-order chi connectivity index (χ0) is 23.6. The van der Waals surface area contributed by atoms with Gasteiger partial charge in [0.25, 0.3) is 0 Å². The number of nitrogens with zero attached hydrogens (tertiary/aromatic N) is 5. The average molecular weight is 448 g/mol. The van der Waals surface area contributed by atoms with Gasteiger partial charge in [0.2, 0.25) is 5.82 Å². The van der Waals surface area contributed by atoms with Crippen LogP contribution in [0.2, 0.25) is 0 Å². The third-order valence-electron chi connectivity index (χ3n) is 4.32. The molecule has 0 fully saturated rings. The first-order valence-corrected chi connectivity index (χ1v) is 9.06. The van der Waals surface area contributed by atoms with Crippen LogP contribution in [0, 0.1) is 18.6 Å². The molecule has 1 aromatic carbocycles. The Balaban J connectivity index is 2.01. The lowest BCUT2D eigenvalue weighted by Gasteiger charge is -2.12. The molecule has 6 nitrogen and oxygen atoms in total. The second-order valence-corrected chi connectivity index (χ2v) is 6.70. The molecule has 0 unspecified atom stereocenters. The molecule has 2 heterocycles. The smallest absolute Gasteiger partial charge is 0.344 e. The molecule has 0 saturated heterocycles. The maximum atomic E-state index is 13.8. The van der Waals surface area contributed by atoms with Crippen LogP contribution in [-0.4, -0.2) is 27.1 Å². The number of alkyl halides is 3. The van der Waals surface area contributed by atoms with E-state index in [1.54, 1.807) is 13.0 Å². The number of hydrogen-bond donors (Lipinski definition) is 1. The predicted molar refractivity (Wildman–Crippen MR) is 113 cm³/mol. The number of hydrogen-bond acceptors (Lipinski definition) is 4. The summed E-state index contributed by atoms with van der Waals surface area (Å²) in [5.74, 6) is -3.23. The molecule has 3 aromatic rings. The van der Waals surface area contributed by atoms with Crippen molar-refractivity contribution in [3.8, 4) is 0 Å². The molecule has 0 saturated carbocycles. The Morgan fingerprint density at radius 1 is 1.19 bits per heavy atom. The fourth-order valence-corrected chi connectivity index (χ4v) is 2.95. The Kier molecular flexibility index (Phi) is 6.19. The number of aromatic nitrogens is 3. The summed E-state index contributed by atoms with van der Waals surface area (Å²) in [4.78, 5) is 14.7. The molecular weight excluding hydrogens is 431 g/mol. The lowest BCUT2D eigenvalue weighted by atomic mass is 10.2. The number of fused-ring (bicyclic) bond motifs is 1. The summed E-state index contributed by atoms with van der Waals surface area (Å²) in [6.45, 7) is 10.0. The minimum Gasteiger partial charge on any atom is -0.344 e. The highest BCUT2D eigenvalue weighted by molar-refractivity contribution is 5.89. The van der Waals surface area contributed by atoms with Crippen molar-refractivity contribution < 1.29 is 22.0 Å². The van der Waals surface area contributed by atoms with E-state index >= 15 is 0 Å². The Hall–Kier alpha value is -3.89. The Labute approximate surface area is 179 Å². The average Bonchev–Trinajstić information content (AvgIpc) is 3.07. The number of imidazole rings is 1. The van der Waals surface area contributed by atoms with E-state index in [-0.39, 0.29) is 28.4 Å². The fourth-order valence-electron chi connectivity index (χ4n) is 2.95. The monoisotopic (exact) mass is 448 g/mol. The van der Waals surface area contributed by atoms with Gasteiger partial charge < -0.3 is 5.32 Å². The molecule has 0 amide bonds. The quantitative estimate of drug-likeness (QED) is 0.333. The van der Waals surface area contributed by atoms with Crippen molar-refractivity contribution in [2.24, 2.45) is 9.98 Å². The molecule has 3 rings (SSSR count). The summed E-state index contributed by atoms with van der Waals surface area (Å²) in [7, 11) is 0. The van der Waals surface area contributed by atoms with Crippen LogP contribution in [0.5, 0.6) is 0 Å². The Bertz CT molecular complexity index is 1250. The van der Waals surface area contributed by atoms with E-state index in [2.05, 4.69) is 38.6 Å². The zero-order valence-corrected chi connectivity index (χ0v) is 17.0. The fraction of sp³-hybridized carbons (Fsp3) is 0.143. The van der Waals surface area contributed by atoms with E-state index in [0.29, 0.717) is 0 Å². The third-order valence-corrected chi connectivity index (χ3v) is 4.32. The van der Waals surface area contributed by atoms with Gasteiger partial charge >= 0.3 is 6.18 Å². The summed E-state index contributed by atoms with van der Waals surface area (Å²) in [6, 6.07) is 4.64. The van der Waals surface area contributed by atoms with Crippen molar-refractivity contribution in [1.29, 1.82) is 0 Å². The predicted octanol–water partition coefficient (Wildman–Crippen LogP) is 5.17. The summed E-state index contributed by atoms with van der Waals surface area (Å²) in [6.07, 6.45) is -2.10. The summed E-state index contributed by atoms with van der Waals surface area (Å²) < 4.78 is 69.3. The molecule has 0 aliphatic heterocycles. The second kappa shape index (κ2) is 8.69. The standard InChI is InChI=1S/C21H17F5N6/c1-11-5-6-17-16(7-11)31-20(21(24,25)26)32(17)18(27-4)10-29-13(3)30-12(2)19-14(22)8-28-9-15(19)23/h5-10H,2,4H2,1,3H3,(H,29,30)/b18-10+. The van der Waals surface area contributed by atoms with E-state index in [9.17, 15) is 22.0 Å². The number of benzene rings is 1. The maximum absolute atomic E-state index is 13.8. The van der Waals surface area contributed by atoms with Gasteiger partial charge in [-0.2, -0.15) is 13.2 Å². The molecule has 2 aromatic heterocycles. The molecule has 0 spiro atoms. The van der Waals surface area contributed by atoms with Crippen molar-refractivity contribution in [1.82, 2.24) is 19.9 Å². The molecule has 32 heavy (non-hydrogen) atoms. The molecule has 0 aliphatic carbocycles. The highest BCUT2D eigenvalue weighted by Gasteiger charge is 2.38. The second-order valence-electron chi connectivity index (χ2n) is 6.70. The number of aryl methyl sites for hydroxylation is 1. The van der Waals surface area contributed by atoms with Crippen molar-refractivity contribution in [3.63, 3.8) is 0 Å². The highest BCUT2D eigenvalue weighted by Crippen LogP contribution is 2.34. The lowest BCUT2D eigenvalue weighted by molar-refractivity contribution is -0.145. The molecule has 0 aliphatic rings. The molecule has 11 heteroatoms. The van der Waals surface area contributed by atoms with Gasteiger partial charge in [-0.15, -0.1) is 0 Å². The molecule has 0 radical (unpaired) electrons. The summed E-state index contributed by atoms with van der Waals surface area (Å²) in [5.41, 5.74) is 0.441. The van der Waals surface area contributed by atoms with Crippen LogP contribution in [0.4, 0.5) is 22.0 Å². The first-order valence-electron chi connectivity index (χ1n) is 9.06. The Morgan fingerprint density at radius 2 is 1.84 bits per heavy atom. The third kappa shape index (κ3) is 4.56. The van der Waals surface area contributed by atoms with Crippen LogP contribution in [-0.2, 0) is 6.18 Å². The zero-order valence-electron chi connectivity index (χ0n) is 17.0. The molecule has 0 bridgehead atoms. The lowest BCUT2D eigenvalue weighted by Crippen LogP contribution is -2.19. The van der Waals surface area contributed by atoms with Gasteiger partial charge in [-0.25, -0.2) is 23.7 Å². The first-order chi connectivity index (χ1) is 15.0. The van der Waals surface area contributed by atoms with Gasteiger partial charge in [0, 0.05) is 5.70 Å².